The molecule has 38 heavy (non-hydrogen) atoms. The molecule has 0 bridgehead atoms. The summed E-state index contributed by atoms with van der Waals surface area (Å²) in [4.78, 5) is 29.7. The maximum absolute atomic E-state index is 11.4. The number of benzene rings is 3. The third-order valence-electron chi connectivity index (χ3n) is 7.17. The van der Waals surface area contributed by atoms with Crippen molar-refractivity contribution in [2.75, 3.05) is 25.0 Å². The lowest BCUT2D eigenvalue weighted by atomic mass is 9.89. The van der Waals surface area contributed by atoms with Gasteiger partial charge in [0.2, 0.25) is 5.91 Å². The van der Waals surface area contributed by atoms with Crippen molar-refractivity contribution in [3.8, 4) is 11.4 Å². The van der Waals surface area contributed by atoms with Gasteiger partial charge < -0.3 is 14.8 Å². The molecule has 1 amide bonds. The molecule has 5 rings (SSSR count). The number of anilines is 1. The van der Waals surface area contributed by atoms with Crippen molar-refractivity contribution >= 4 is 39.9 Å². The number of carbonyl (C=O) groups excluding carboxylic acids is 1. The fraction of sp³-hybridized carbons (Fsp3) is 0.310. The second-order valence-electron chi connectivity index (χ2n) is 9.80. The highest BCUT2D eigenvalue weighted by molar-refractivity contribution is 6.30. The second kappa shape index (κ2) is 11.3. The van der Waals surface area contributed by atoms with Crippen LogP contribution in [0.5, 0.6) is 0 Å². The number of halogens is 1. The van der Waals surface area contributed by atoms with Crippen LogP contribution < -0.4 is 5.32 Å². The monoisotopic (exact) mass is 531 g/mol. The summed E-state index contributed by atoms with van der Waals surface area (Å²) in [6.45, 7) is 5.18. The summed E-state index contributed by atoms with van der Waals surface area (Å²) in [5.41, 5.74) is 4.61. The number of aryl methyl sites for hydroxylation is 1. The number of nitrogens with one attached hydrogen (secondary N) is 1. The van der Waals surface area contributed by atoms with Gasteiger partial charge in [0.15, 0.2) is 0 Å². The molecular weight excluding hydrogens is 502 g/mol. The molecule has 0 spiro atoms. The second-order valence-corrected chi connectivity index (χ2v) is 10.2. The van der Waals surface area contributed by atoms with E-state index in [9.17, 15) is 14.9 Å². The Labute approximate surface area is 226 Å². The molecule has 1 aliphatic heterocycles. The molecule has 9 heteroatoms. The number of hydrogen-bond donors (Lipinski definition) is 1. The SMILES string of the molecule is CC(=O)Nc1cccc(C2CCN(CCCn3c(-c4ccc(Cl)cc4)nc4ccc([N+](=O)[O-])cc43)CC2)c1. The van der Waals surface area contributed by atoms with E-state index in [0.717, 1.165) is 67.0 Å². The number of piperidine rings is 1. The molecule has 2 heterocycles. The molecule has 1 aliphatic rings. The first kappa shape index (κ1) is 25.9. The van der Waals surface area contributed by atoms with E-state index >= 15 is 0 Å². The van der Waals surface area contributed by atoms with Crippen LogP contribution in [-0.4, -0.2) is 44.9 Å². The Balaban J connectivity index is 1.26. The Morgan fingerprint density at radius 2 is 1.84 bits per heavy atom. The maximum atomic E-state index is 11.4. The highest BCUT2D eigenvalue weighted by atomic mass is 35.5. The van der Waals surface area contributed by atoms with Gasteiger partial charge in [-0.2, -0.15) is 0 Å². The first-order chi connectivity index (χ1) is 18.4. The molecule has 196 valence electrons. The molecule has 3 aromatic carbocycles. The Morgan fingerprint density at radius 1 is 1.08 bits per heavy atom. The van der Waals surface area contributed by atoms with Gasteiger partial charge in [-0.25, -0.2) is 4.98 Å². The van der Waals surface area contributed by atoms with E-state index in [1.54, 1.807) is 12.1 Å². The summed E-state index contributed by atoms with van der Waals surface area (Å²) in [6.07, 6.45) is 3.04. The van der Waals surface area contributed by atoms with E-state index in [1.807, 2.05) is 36.4 Å². The average molecular weight is 532 g/mol. The number of rotatable bonds is 8. The van der Waals surface area contributed by atoms with Crippen LogP contribution in [0.15, 0.2) is 66.7 Å². The molecule has 0 atom stereocenters. The Morgan fingerprint density at radius 3 is 2.55 bits per heavy atom. The van der Waals surface area contributed by atoms with E-state index in [2.05, 4.69) is 26.9 Å². The number of nitrogens with zero attached hydrogens (tertiary/aromatic N) is 4. The zero-order valence-corrected chi connectivity index (χ0v) is 22.0. The number of carbonyl (C=O) groups is 1. The number of non-ortho nitro benzene ring substituents is 1. The minimum atomic E-state index is -0.366. The van der Waals surface area contributed by atoms with Crippen LogP contribution in [0.25, 0.3) is 22.4 Å². The van der Waals surface area contributed by atoms with Gasteiger partial charge in [0.05, 0.1) is 16.0 Å². The third-order valence-corrected chi connectivity index (χ3v) is 7.42. The molecular formula is C29H30ClN5O3. The number of nitro benzene ring substituents is 1. The van der Waals surface area contributed by atoms with Gasteiger partial charge in [0.1, 0.15) is 5.82 Å². The van der Waals surface area contributed by atoms with Gasteiger partial charge in [-0.1, -0.05) is 23.7 Å². The first-order valence-electron chi connectivity index (χ1n) is 12.9. The topological polar surface area (TPSA) is 93.3 Å². The summed E-state index contributed by atoms with van der Waals surface area (Å²) in [5.74, 6) is 1.21. The van der Waals surface area contributed by atoms with Crippen LogP contribution in [0.2, 0.25) is 5.02 Å². The van der Waals surface area contributed by atoms with Crippen LogP contribution in [0.4, 0.5) is 11.4 Å². The van der Waals surface area contributed by atoms with E-state index in [1.165, 1.54) is 18.6 Å². The molecule has 0 aliphatic carbocycles. The number of nitro groups is 1. The zero-order valence-electron chi connectivity index (χ0n) is 21.3. The smallest absolute Gasteiger partial charge is 0.271 e. The summed E-state index contributed by atoms with van der Waals surface area (Å²) >= 11 is 6.10. The molecule has 1 aromatic heterocycles. The summed E-state index contributed by atoms with van der Waals surface area (Å²) < 4.78 is 2.09. The molecule has 8 nitrogen and oxygen atoms in total. The van der Waals surface area contributed by atoms with Crippen LogP contribution >= 0.6 is 11.6 Å². The van der Waals surface area contributed by atoms with Crippen LogP contribution in [0, 0.1) is 10.1 Å². The van der Waals surface area contributed by atoms with Crippen molar-refractivity contribution in [1.82, 2.24) is 14.5 Å². The predicted octanol–water partition coefficient (Wildman–Crippen LogP) is 6.49. The highest BCUT2D eigenvalue weighted by Crippen LogP contribution is 2.31. The van der Waals surface area contributed by atoms with Crippen LogP contribution in [0.3, 0.4) is 0 Å². The van der Waals surface area contributed by atoms with E-state index in [4.69, 9.17) is 16.6 Å². The first-order valence-corrected chi connectivity index (χ1v) is 13.3. The summed E-state index contributed by atoms with van der Waals surface area (Å²) in [5, 5.41) is 14.9. The Bertz CT molecular complexity index is 1460. The molecule has 0 saturated carbocycles. The van der Waals surface area contributed by atoms with Gasteiger partial charge in [-0.15, -0.1) is 0 Å². The predicted molar refractivity (Wildman–Crippen MR) is 151 cm³/mol. The van der Waals surface area contributed by atoms with Gasteiger partial charge in [-0.05, 0) is 92.8 Å². The zero-order chi connectivity index (χ0) is 26.6. The fourth-order valence-electron chi connectivity index (χ4n) is 5.29. The van der Waals surface area contributed by atoms with Gasteiger partial charge in [-0.3, -0.25) is 14.9 Å². The Kier molecular flexibility index (Phi) is 7.72. The number of aromatic nitrogens is 2. The van der Waals surface area contributed by atoms with Gasteiger partial charge >= 0.3 is 0 Å². The lowest BCUT2D eigenvalue weighted by Gasteiger charge is -2.32. The molecule has 1 fully saturated rings. The quantitative estimate of drug-likeness (QED) is 0.207. The maximum Gasteiger partial charge on any atom is 0.271 e. The van der Waals surface area contributed by atoms with Crippen molar-refractivity contribution in [2.45, 2.75) is 38.6 Å². The molecule has 1 saturated heterocycles. The minimum Gasteiger partial charge on any atom is -0.326 e. The largest absolute Gasteiger partial charge is 0.326 e. The number of amides is 1. The van der Waals surface area contributed by atoms with Gasteiger partial charge in [0.25, 0.3) is 5.69 Å². The van der Waals surface area contributed by atoms with Crippen LogP contribution in [-0.2, 0) is 11.3 Å². The van der Waals surface area contributed by atoms with Crippen molar-refractivity contribution in [1.29, 1.82) is 0 Å². The van der Waals surface area contributed by atoms with Crippen molar-refractivity contribution in [3.05, 3.63) is 87.4 Å². The lowest BCUT2D eigenvalue weighted by molar-refractivity contribution is -0.384. The Hall–Kier alpha value is -3.75. The highest BCUT2D eigenvalue weighted by Gasteiger charge is 2.21. The average Bonchev–Trinajstić information content (AvgIpc) is 3.27. The molecule has 4 aromatic rings. The van der Waals surface area contributed by atoms with Crippen molar-refractivity contribution < 1.29 is 9.72 Å². The third kappa shape index (κ3) is 5.87. The number of likely N-dealkylation sites (tertiary alicyclic amines) is 1. The summed E-state index contributed by atoms with van der Waals surface area (Å²) in [6, 6.07) is 20.5. The van der Waals surface area contributed by atoms with E-state index < -0.39 is 0 Å². The number of imidazole rings is 1. The van der Waals surface area contributed by atoms with Gasteiger partial charge in [0, 0.05) is 41.9 Å². The molecule has 0 radical (unpaired) electrons. The summed E-state index contributed by atoms with van der Waals surface area (Å²) in [7, 11) is 0. The molecule has 1 N–H and O–H groups in total. The van der Waals surface area contributed by atoms with E-state index in [-0.39, 0.29) is 16.5 Å². The molecule has 0 unspecified atom stereocenters. The number of hydrogen-bond acceptors (Lipinski definition) is 5. The van der Waals surface area contributed by atoms with Crippen molar-refractivity contribution in [3.63, 3.8) is 0 Å². The minimum absolute atomic E-state index is 0.0588. The fourth-order valence-corrected chi connectivity index (χ4v) is 5.41. The normalized spacial score (nSPS) is 14.6. The standard InChI is InChI=1S/C29H30ClN5O3/c1-20(36)31-25-5-2-4-23(18-25)21-12-16-33(17-13-21)14-3-15-34-28-19-26(35(37)38)10-11-27(28)32-29(34)22-6-8-24(30)9-7-22/h2,4-11,18-19,21H,3,12-17H2,1H3,(H,31,36). The number of fused-ring (bicyclic) bond motifs is 1. The van der Waals surface area contributed by atoms with E-state index in [0.29, 0.717) is 17.5 Å². The lowest BCUT2D eigenvalue weighted by Crippen LogP contribution is -2.34. The van der Waals surface area contributed by atoms with Crippen LogP contribution in [0.1, 0.15) is 37.7 Å². The van der Waals surface area contributed by atoms with Crippen molar-refractivity contribution in [2.24, 2.45) is 0 Å².